The van der Waals surface area contributed by atoms with Gasteiger partial charge in [0, 0.05) is 25.7 Å². The van der Waals surface area contributed by atoms with Crippen molar-refractivity contribution in [1.29, 1.82) is 0 Å². The number of benzene rings is 1. The van der Waals surface area contributed by atoms with Crippen molar-refractivity contribution in [2.24, 2.45) is 4.99 Å². The van der Waals surface area contributed by atoms with Gasteiger partial charge in [0.05, 0.1) is 13.2 Å². The fourth-order valence-corrected chi connectivity index (χ4v) is 3.96. The number of nitrogens with one attached hydrogen (secondary N) is 2. The Hall–Kier alpha value is -2.01. The van der Waals surface area contributed by atoms with Crippen molar-refractivity contribution in [3.63, 3.8) is 0 Å². The Morgan fingerprint density at radius 3 is 2.55 bits per heavy atom. The Balaban J connectivity index is 1.96. The summed E-state index contributed by atoms with van der Waals surface area (Å²) in [5.41, 5.74) is -4.31. The zero-order valence-corrected chi connectivity index (χ0v) is 17.3. The van der Waals surface area contributed by atoms with Crippen molar-refractivity contribution in [1.82, 2.24) is 14.9 Å². The summed E-state index contributed by atoms with van der Waals surface area (Å²) in [5, 5.41) is 6.28. The number of guanidine groups is 1. The standard InChI is InChI=1S/C18H27F3N4O3S/c1-3-22-17(23-13-14-6-5-7-16(12-14)28-4-2)24-15-8-10-25(11-9-15)29(26,27)18(19,20)21/h5-7,12,15H,3-4,8-11,13H2,1-2H3,(H2,22,23,24). The SMILES string of the molecule is CCNC(=NCc1cccc(OCC)c1)NC1CCN(S(=O)(=O)C(F)(F)F)CC1. The van der Waals surface area contributed by atoms with Crippen molar-refractivity contribution in [3.05, 3.63) is 29.8 Å². The maximum absolute atomic E-state index is 12.7. The van der Waals surface area contributed by atoms with Gasteiger partial charge in [-0.3, -0.25) is 0 Å². The molecule has 0 aliphatic carbocycles. The largest absolute Gasteiger partial charge is 0.511 e. The molecule has 1 aromatic carbocycles. The van der Waals surface area contributed by atoms with Crippen molar-refractivity contribution in [3.8, 4) is 5.75 Å². The third-order valence-electron chi connectivity index (χ3n) is 4.40. The summed E-state index contributed by atoms with van der Waals surface area (Å²) < 4.78 is 67.0. The second-order valence-corrected chi connectivity index (χ2v) is 8.47. The van der Waals surface area contributed by atoms with Crippen LogP contribution in [0.15, 0.2) is 29.3 Å². The van der Waals surface area contributed by atoms with E-state index in [1.54, 1.807) is 0 Å². The smallest absolute Gasteiger partial charge is 0.494 e. The molecule has 1 fully saturated rings. The van der Waals surface area contributed by atoms with Gasteiger partial charge in [0.2, 0.25) is 0 Å². The van der Waals surface area contributed by atoms with E-state index >= 15 is 0 Å². The molecular weight excluding hydrogens is 409 g/mol. The van der Waals surface area contributed by atoms with Crippen LogP contribution in [0.3, 0.4) is 0 Å². The molecule has 0 amide bonds. The summed E-state index contributed by atoms with van der Waals surface area (Å²) >= 11 is 0. The average molecular weight is 437 g/mol. The van der Waals surface area contributed by atoms with Gasteiger partial charge in [0.15, 0.2) is 5.96 Å². The van der Waals surface area contributed by atoms with E-state index in [2.05, 4.69) is 15.6 Å². The molecule has 1 heterocycles. The number of hydrogen-bond donors (Lipinski definition) is 2. The highest BCUT2D eigenvalue weighted by molar-refractivity contribution is 7.90. The lowest BCUT2D eigenvalue weighted by Gasteiger charge is -2.32. The van der Waals surface area contributed by atoms with Crippen LogP contribution >= 0.6 is 0 Å². The Morgan fingerprint density at radius 1 is 1.28 bits per heavy atom. The molecule has 7 nitrogen and oxygen atoms in total. The van der Waals surface area contributed by atoms with Gasteiger partial charge in [-0.15, -0.1) is 0 Å². The highest BCUT2D eigenvalue weighted by atomic mass is 32.2. The van der Waals surface area contributed by atoms with Crippen LogP contribution in [0.25, 0.3) is 0 Å². The minimum absolute atomic E-state index is 0.165. The van der Waals surface area contributed by atoms with E-state index in [9.17, 15) is 21.6 Å². The molecule has 0 bridgehead atoms. The van der Waals surface area contributed by atoms with Gasteiger partial charge >= 0.3 is 15.5 Å². The molecule has 0 aromatic heterocycles. The molecule has 1 saturated heterocycles. The van der Waals surface area contributed by atoms with Crippen LogP contribution in [-0.4, -0.2) is 56.5 Å². The Bertz CT molecular complexity index is 792. The molecule has 2 rings (SSSR count). The first kappa shape index (κ1) is 23.3. The highest BCUT2D eigenvalue weighted by Crippen LogP contribution is 2.28. The average Bonchev–Trinajstić information content (AvgIpc) is 2.66. The zero-order chi connectivity index (χ0) is 21.5. The second-order valence-electron chi connectivity index (χ2n) is 6.54. The number of sulfonamides is 1. The summed E-state index contributed by atoms with van der Waals surface area (Å²) in [6.07, 6.45) is 0.527. The van der Waals surface area contributed by atoms with Gasteiger partial charge in [0.25, 0.3) is 0 Å². The van der Waals surface area contributed by atoms with E-state index in [0.717, 1.165) is 11.3 Å². The molecule has 1 aliphatic rings. The maximum Gasteiger partial charge on any atom is 0.511 e. The van der Waals surface area contributed by atoms with Gasteiger partial charge in [-0.1, -0.05) is 12.1 Å². The van der Waals surface area contributed by atoms with Gasteiger partial charge in [-0.05, 0) is 44.4 Å². The monoisotopic (exact) mass is 436 g/mol. The second kappa shape index (κ2) is 10.1. The topological polar surface area (TPSA) is 83.0 Å². The number of rotatable bonds is 7. The van der Waals surface area contributed by atoms with Crippen molar-refractivity contribution < 1.29 is 26.3 Å². The first-order chi connectivity index (χ1) is 13.7. The summed E-state index contributed by atoms with van der Waals surface area (Å²) in [6.45, 7) is 5.03. The molecule has 2 N–H and O–H groups in total. The van der Waals surface area contributed by atoms with E-state index in [-0.39, 0.29) is 32.0 Å². The Labute approximate surface area is 169 Å². The number of aliphatic imine (C=N–C) groups is 1. The van der Waals surface area contributed by atoms with Gasteiger partial charge in [0.1, 0.15) is 5.75 Å². The van der Waals surface area contributed by atoms with Gasteiger partial charge in [-0.2, -0.15) is 17.5 Å². The summed E-state index contributed by atoms with van der Waals surface area (Å²) in [5.74, 6) is 1.29. The molecule has 0 radical (unpaired) electrons. The Morgan fingerprint density at radius 2 is 1.97 bits per heavy atom. The predicted molar refractivity (Wildman–Crippen MR) is 105 cm³/mol. The van der Waals surface area contributed by atoms with Crippen LogP contribution in [0.1, 0.15) is 32.3 Å². The van der Waals surface area contributed by atoms with Crippen molar-refractivity contribution in [2.75, 3.05) is 26.2 Å². The van der Waals surface area contributed by atoms with Gasteiger partial charge < -0.3 is 15.4 Å². The van der Waals surface area contributed by atoms with E-state index in [1.807, 2.05) is 38.1 Å². The minimum atomic E-state index is -5.27. The van der Waals surface area contributed by atoms with E-state index in [0.29, 0.717) is 30.0 Å². The number of alkyl halides is 3. The molecule has 0 atom stereocenters. The lowest BCUT2D eigenvalue weighted by atomic mass is 10.1. The molecular formula is C18H27F3N4O3S. The number of ether oxygens (including phenoxy) is 1. The van der Waals surface area contributed by atoms with Crippen molar-refractivity contribution >= 4 is 16.0 Å². The third kappa shape index (κ3) is 6.49. The normalized spacial score (nSPS) is 17.2. The lowest BCUT2D eigenvalue weighted by molar-refractivity contribution is -0.0494. The molecule has 1 aliphatic heterocycles. The fourth-order valence-electron chi connectivity index (χ4n) is 2.97. The molecule has 0 saturated carbocycles. The molecule has 11 heteroatoms. The van der Waals surface area contributed by atoms with E-state index in [1.165, 1.54) is 0 Å². The van der Waals surface area contributed by atoms with Crippen LogP contribution in [0.4, 0.5) is 13.2 Å². The van der Waals surface area contributed by atoms with Crippen LogP contribution < -0.4 is 15.4 Å². The summed E-state index contributed by atoms with van der Waals surface area (Å²) in [4.78, 5) is 4.51. The zero-order valence-electron chi connectivity index (χ0n) is 16.5. The quantitative estimate of drug-likeness (QED) is 0.507. The predicted octanol–water partition coefficient (Wildman–Crippen LogP) is 2.45. The molecule has 29 heavy (non-hydrogen) atoms. The maximum atomic E-state index is 12.7. The van der Waals surface area contributed by atoms with E-state index in [4.69, 9.17) is 4.74 Å². The summed E-state index contributed by atoms with van der Waals surface area (Å²) in [6, 6.07) is 7.41. The molecule has 0 spiro atoms. The lowest BCUT2D eigenvalue weighted by Crippen LogP contribution is -2.51. The Kier molecular flexibility index (Phi) is 8.14. The number of halogens is 3. The van der Waals surface area contributed by atoms with E-state index < -0.39 is 15.5 Å². The fraction of sp³-hybridized carbons (Fsp3) is 0.611. The molecule has 0 unspecified atom stereocenters. The van der Waals surface area contributed by atoms with Crippen LogP contribution in [0.5, 0.6) is 5.75 Å². The van der Waals surface area contributed by atoms with Crippen LogP contribution in [0, 0.1) is 0 Å². The van der Waals surface area contributed by atoms with Crippen molar-refractivity contribution in [2.45, 2.75) is 44.8 Å². The minimum Gasteiger partial charge on any atom is -0.494 e. The summed E-state index contributed by atoms with van der Waals surface area (Å²) in [7, 11) is -5.27. The molecule has 1 aromatic rings. The first-order valence-electron chi connectivity index (χ1n) is 9.50. The third-order valence-corrected chi connectivity index (χ3v) is 6.03. The van der Waals surface area contributed by atoms with Crippen LogP contribution in [-0.2, 0) is 16.6 Å². The number of hydrogen-bond acceptors (Lipinski definition) is 4. The van der Waals surface area contributed by atoms with Gasteiger partial charge in [-0.25, -0.2) is 13.4 Å². The number of piperidine rings is 1. The molecule has 164 valence electrons. The van der Waals surface area contributed by atoms with Crippen LogP contribution in [0.2, 0.25) is 0 Å². The highest BCUT2D eigenvalue weighted by Gasteiger charge is 2.50. The first-order valence-corrected chi connectivity index (χ1v) is 10.9. The number of nitrogens with zero attached hydrogens (tertiary/aromatic N) is 2.